The number of nitrogen functional groups attached to an aromatic ring is 1. The number of nitrogens with zero attached hydrogens (tertiary/aromatic N) is 1. The van der Waals surface area contributed by atoms with Crippen LogP contribution in [0, 0.1) is 0 Å². The number of carbonyl (C=O) groups is 2. The van der Waals surface area contributed by atoms with Gasteiger partial charge < -0.3 is 16.8 Å². The molecule has 21 heavy (non-hydrogen) atoms. The summed E-state index contributed by atoms with van der Waals surface area (Å²) < 4.78 is 0. The third-order valence-corrected chi connectivity index (χ3v) is 3.89. The number of nitrogens with two attached hydrogens (primary N) is 2. The van der Waals surface area contributed by atoms with Gasteiger partial charge in [-0.25, -0.2) is 0 Å². The zero-order valence-corrected chi connectivity index (χ0v) is 12.4. The molecular weight excluding hydrogens is 292 g/mol. The molecule has 2 amide bonds. The average Bonchev–Trinajstić information content (AvgIpc) is 2.40. The lowest BCUT2D eigenvalue weighted by Gasteiger charge is -2.31. The van der Waals surface area contributed by atoms with Crippen LogP contribution in [0.1, 0.15) is 23.2 Å². The van der Waals surface area contributed by atoms with Crippen LogP contribution in [0.2, 0.25) is 5.02 Å². The zero-order valence-electron chi connectivity index (χ0n) is 11.6. The van der Waals surface area contributed by atoms with Crippen LogP contribution in [0.4, 0.5) is 5.69 Å². The van der Waals surface area contributed by atoms with Gasteiger partial charge in [0.2, 0.25) is 5.91 Å². The van der Waals surface area contributed by atoms with E-state index in [0.717, 1.165) is 25.9 Å². The first-order valence-corrected chi connectivity index (χ1v) is 7.20. The summed E-state index contributed by atoms with van der Waals surface area (Å²) in [6.07, 6.45) is 1.53. The molecule has 0 aliphatic carbocycles. The molecule has 2 rings (SSSR count). The highest BCUT2D eigenvalue weighted by Gasteiger charge is 2.23. The van der Waals surface area contributed by atoms with E-state index in [1.54, 1.807) is 18.2 Å². The molecule has 6 nitrogen and oxygen atoms in total. The number of piperidine rings is 1. The monoisotopic (exact) mass is 310 g/mol. The van der Waals surface area contributed by atoms with E-state index in [0.29, 0.717) is 16.3 Å². The smallest absolute Gasteiger partial charge is 0.255 e. The maximum Gasteiger partial charge on any atom is 0.255 e. The first kappa shape index (κ1) is 15.6. The quantitative estimate of drug-likeness (QED) is 0.709. The second-order valence-electron chi connectivity index (χ2n) is 5.19. The van der Waals surface area contributed by atoms with Crippen molar-refractivity contribution in [2.75, 3.05) is 25.4 Å². The molecule has 1 aromatic carbocycles. The Balaban J connectivity index is 1.92. The van der Waals surface area contributed by atoms with Crippen LogP contribution in [0.15, 0.2) is 18.2 Å². The fourth-order valence-corrected chi connectivity index (χ4v) is 2.76. The van der Waals surface area contributed by atoms with Gasteiger partial charge in [-0.3, -0.25) is 14.5 Å². The molecule has 0 atom stereocenters. The number of primary amides is 1. The van der Waals surface area contributed by atoms with Crippen molar-refractivity contribution in [2.45, 2.75) is 18.9 Å². The van der Waals surface area contributed by atoms with Gasteiger partial charge in [0.25, 0.3) is 5.91 Å². The summed E-state index contributed by atoms with van der Waals surface area (Å²) in [5.41, 5.74) is 11.7. The first-order valence-electron chi connectivity index (χ1n) is 6.83. The summed E-state index contributed by atoms with van der Waals surface area (Å²) >= 11 is 6.02. The topological polar surface area (TPSA) is 101 Å². The number of likely N-dealkylation sites (tertiary alicyclic amines) is 1. The molecule has 1 aliphatic rings. The molecule has 7 heteroatoms. The molecule has 1 aliphatic heterocycles. The van der Waals surface area contributed by atoms with Crippen LogP contribution in [-0.2, 0) is 4.79 Å². The summed E-state index contributed by atoms with van der Waals surface area (Å²) in [5.74, 6) is -0.590. The highest BCUT2D eigenvalue weighted by Crippen LogP contribution is 2.22. The van der Waals surface area contributed by atoms with E-state index in [9.17, 15) is 9.59 Å². The van der Waals surface area contributed by atoms with Crippen molar-refractivity contribution in [3.63, 3.8) is 0 Å². The van der Waals surface area contributed by atoms with Gasteiger partial charge in [-0.1, -0.05) is 17.7 Å². The van der Waals surface area contributed by atoms with Crippen molar-refractivity contribution in [3.8, 4) is 0 Å². The Kier molecular flexibility index (Phi) is 5.03. The fourth-order valence-electron chi connectivity index (χ4n) is 2.49. The number of benzene rings is 1. The molecule has 0 unspecified atom stereocenters. The summed E-state index contributed by atoms with van der Waals surface area (Å²) in [5, 5.41) is 3.29. The van der Waals surface area contributed by atoms with E-state index in [1.165, 1.54) is 0 Å². The largest absolute Gasteiger partial charge is 0.398 e. The zero-order chi connectivity index (χ0) is 15.4. The fraction of sp³-hybridized carbons (Fsp3) is 0.429. The van der Waals surface area contributed by atoms with Crippen molar-refractivity contribution >= 4 is 29.1 Å². The van der Waals surface area contributed by atoms with Gasteiger partial charge in [0.15, 0.2) is 0 Å². The van der Waals surface area contributed by atoms with E-state index < -0.39 is 0 Å². The van der Waals surface area contributed by atoms with Gasteiger partial charge in [-0.2, -0.15) is 0 Å². The summed E-state index contributed by atoms with van der Waals surface area (Å²) in [6, 6.07) is 5.05. The van der Waals surface area contributed by atoms with E-state index >= 15 is 0 Å². The van der Waals surface area contributed by atoms with Crippen molar-refractivity contribution in [3.05, 3.63) is 28.8 Å². The molecule has 0 spiro atoms. The van der Waals surface area contributed by atoms with Gasteiger partial charge >= 0.3 is 0 Å². The highest BCUT2D eigenvalue weighted by atomic mass is 35.5. The summed E-state index contributed by atoms with van der Waals surface area (Å²) in [6.45, 7) is 1.72. The molecule has 114 valence electrons. The lowest BCUT2D eigenvalue weighted by molar-refractivity contribution is -0.119. The van der Waals surface area contributed by atoms with Crippen molar-refractivity contribution in [2.24, 2.45) is 5.73 Å². The molecule has 1 heterocycles. The van der Waals surface area contributed by atoms with Gasteiger partial charge in [0, 0.05) is 24.8 Å². The number of halogens is 1. The Hall–Kier alpha value is -1.79. The number of rotatable bonds is 4. The van der Waals surface area contributed by atoms with Crippen molar-refractivity contribution in [1.82, 2.24) is 10.2 Å². The number of nitrogens with one attached hydrogen (secondary N) is 1. The minimum absolute atomic E-state index is 0.0531. The lowest BCUT2D eigenvalue weighted by atomic mass is 10.0. The first-order chi connectivity index (χ1) is 9.97. The van der Waals surface area contributed by atoms with Crippen LogP contribution >= 0.6 is 11.6 Å². The summed E-state index contributed by atoms with van der Waals surface area (Å²) in [7, 11) is 0. The van der Waals surface area contributed by atoms with Gasteiger partial charge in [-0.05, 0) is 25.0 Å². The predicted octanol–water partition coefficient (Wildman–Crippen LogP) is 0.602. The molecule has 1 aromatic rings. The number of anilines is 1. The third-order valence-electron chi connectivity index (χ3n) is 3.58. The van der Waals surface area contributed by atoms with Crippen molar-refractivity contribution in [1.29, 1.82) is 0 Å². The minimum Gasteiger partial charge on any atom is -0.398 e. The average molecular weight is 311 g/mol. The van der Waals surface area contributed by atoms with Gasteiger partial charge in [0.1, 0.15) is 0 Å². The van der Waals surface area contributed by atoms with E-state index in [4.69, 9.17) is 23.1 Å². The van der Waals surface area contributed by atoms with Crippen LogP contribution in [0.5, 0.6) is 0 Å². The molecule has 0 bridgehead atoms. The maximum atomic E-state index is 12.3. The molecule has 0 saturated carbocycles. The van der Waals surface area contributed by atoms with Gasteiger partial charge in [-0.15, -0.1) is 0 Å². The van der Waals surface area contributed by atoms with Crippen LogP contribution < -0.4 is 16.8 Å². The standard InChI is InChI=1S/C14H19ClN4O2/c15-10-2-1-3-11(16)13(10)14(21)18-9-4-6-19(7-5-9)8-12(17)20/h1-3,9H,4-8,16H2,(H2,17,20)(H,18,21). The number of carbonyl (C=O) groups excluding carboxylic acids is 2. The second-order valence-corrected chi connectivity index (χ2v) is 5.60. The van der Waals surface area contributed by atoms with Gasteiger partial charge in [0.05, 0.1) is 17.1 Å². The Labute approximate surface area is 128 Å². The lowest BCUT2D eigenvalue weighted by Crippen LogP contribution is -2.46. The molecule has 1 fully saturated rings. The maximum absolute atomic E-state index is 12.3. The number of amides is 2. The normalized spacial score (nSPS) is 16.6. The number of hydrogen-bond acceptors (Lipinski definition) is 4. The van der Waals surface area contributed by atoms with Crippen LogP contribution in [0.25, 0.3) is 0 Å². The Morgan fingerprint density at radius 1 is 1.33 bits per heavy atom. The van der Waals surface area contributed by atoms with Crippen molar-refractivity contribution < 1.29 is 9.59 Å². The number of hydrogen-bond donors (Lipinski definition) is 3. The molecule has 0 aromatic heterocycles. The molecular formula is C14H19ClN4O2. The second kappa shape index (κ2) is 6.78. The molecule has 5 N–H and O–H groups in total. The van der Waals surface area contributed by atoms with E-state index in [2.05, 4.69) is 5.32 Å². The van der Waals surface area contributed by atoms with E-state index in [-0.39, 0.29) is 24.4 Å². The Morgan fingerprint density at radius 2 is 2.00 bits per heavy atom. The molecule has 0 radical (unpaired) electrons. The summed E-state index contributed by atoms with van der Waals surface area (Å²) in [4.78, 5) is 25.1. The third kappa shape index (κ3) is 4.09. The van der Waals surface area contributed by atoms with Crippen LogP contribution in [-0.4, -0.2) is 42.4 Å². The van der Waals surface area contributed by atoms with E-state index in [1.807, 2.05) is 4.90 Å². The predicted molar refractivity (Wildman–Crippen MR) is 82.0 cm³/mol. The SMILES string of the molecule is NC(=O)CN1CCC(NC(=O)c2c(N)cccc2Cl)CC1. The minimum atomic E-state index is -0.332. The Morgan fingerprint density at radius 3 is 2.57 bits per heavy atom. The Bertz CT molecular complexity index is 522. The van der Waals surface area contributed by atoms with Crippen LogP contribution in [0.3, 0.4) is 0 Å². The molecule has 1 saturated heterocycles. The highest BCUT2D eigenvalue weighted by molar-refractivity contribution is 6.34.